The Bertz CT molecular complexity index is 2270. The Kier molecular flexibility index (Phi) is 24.0. The third-order valence-corrected chi connectivity index (χ3v) is 12.2. The van der Waals surface area contributed by atoms with E-state index >= 15 is 0 Å². The molecule has 0 radical (unpaired) electrons. The van der Waals surface area contributed by atoms with Crippen molar-refractivity contribution in [1.82, 2.24) is 37.2 Å². The van der Waals surface area contributed by atoms with Crippen LogP contribution in [-0.4, -0.2) is 124 Å². The Morgan fingerprint density at radius 2 is 0.838 bits per heavy atom. The number of rotatable bonds is 30. The molecule has 3 rings (SSSR count). The van der Waals surface area contributed by atoms with Crippen LogP contribution in [0.2, 0.25) is 0 Å². The second-order valence-corrected chi connectivity index (χ2v) is 20.9. The topological polar surface area (TPSA) is 325 Å². The van der Waals surface area contributed by atoms with E-state index < -0.39 is 120 Å². The van der Waals surface area contributed by atoms with Gasteiger partial charge in [0.1, 0.15) is 48.9 Å². The van der Waals surface area contributed by atoms with E-state index in [4.69, 9.17) is 4.74 Å². The molecule has 7 atom stereocenters. The molecule has 0 heterocycles. The first-order chi connectivity index (χ1) is 34.7. The molecule has 0 fully saturated rings. The van der Waals surface area contributed by atoms with E-state index in [1.165, 1.54) is 0 Å². The smallest absolute Gasteiger partial charge is 0.407 e. The van der Waals surface area contributed by atoms with Gasteiger partial charge in [-0.05, 0) is 83.9 Å². The first kappa shape index (κ1) is 61.2. The minimum absolute atomic E-state index is 0.0398. The van der Waals surface area contributed by atoms with E-state index in [1.54, 1.807) is 69.2 Å². The van der Waals surface area contributed by atoms with Gasteiger partial charge in [0.15, 0.2) is 0 Å². The molecule has 21 nitrogen and oxygen atoms in total. The summed E-state index contributed by atoms with van der Waals surface area (Å²) in [6.45, 7) is 17.3. The van der Waals surface area contributed by atoms with Gasteiger partial charge in [-0.1, -0.05) is 118 Å². The molecular weight excluding hydrogens is 959 g/mol. The van der Waals surface area contributed by atoms with E-state index in [1.807, 2.05) is 48.5 Å². The number of amides is 7. The monoisotopic (exact) mass is 1040 g/mol. The molecular formula is C53H77N7O14. The highest BCUT2D eigenvalue weighted by molar-refractivity contribution is 5.98. The van der Waals surface area contributed by atoms with Crippen LogP contribution >= 0.6 is 0 Å². The Morgan fingerprint density at radius 1 is 0.459 bits per heavy atom. The number of hydrogen-bond donors (Lipinski definition) is 10. The number of alkyl carbamates (subject to hydrolysis) is 1. The van der Waals surface area contributed by atoms with Gasteiger partial charge in [0.05, 0.1) is 6.42 Å². The van der Waals surface area contributed by atoms with Crippen LogP contribution in [0.5, 0.6) is 0 Å². The first-order valence-electron chi connectivity index (χ1n) is 25.3. The largest absolute Gasteiger partial charge is 0.481 e. The van der Waals surface area contributed by atoms with Gasteiger partial charge in [0.25, 0.3) is 0 Å². The van der Waals surface area contributed by atoms with Gasteiger partial charge < -0.3 is 57.3 Å². The van der Waals surface area contributed by atoms with Gasteiger partial charge in [0, 0.05) is 12.3 Å². The van der Waals surface area contributed by atoms with Gasteiger partial charge >= 0.3 is 24.0 Å². The molecule has 21 heteroatoms. The van der Waals surface area contributed by atoms with E-state index in [-0.39, 0.29) is 68.3 Å². The summed E-state index contributed by atoms with van der Waals surface area (Å²) >= 11 is 0. The lowest BCUT2D eigenvalue weighted by atomic mass is 9.98. The van der Waals surface area contributed by atoms with Crippen LogP contribution in [0.4, 0.5) is 4.79 Å². The second-order valence-electron chi connectivity index (χ2n) is 20.9. The number of aliphatic carboxylic acids is 3. The number of carbonyl (C=O) groups excluding carboxylic acids is 7. The number of carbonyl (C=O) groups is 10. The zero-order valence-electron chi connectivity index (χ0n) is 44.1. The summed E-state index contributed by atoms with van der Waals surface area (Å²) in [6, 6.07) is 5.64. The van der Waals surface area contributed by atoms with Crippen molar-refractivity contribution >= 4 is 59.4 Å². The number of benzene rings is 2. The molecule has 7 amide bonds. The molecule has 2 aromatic carbocycles. The van der Waals surface area contributed by atoms with Crippen LogP contribution in [0.15, 0.2) is 48.5 Å². The Hall–Kier alpha value is -7.06. The average Bonchev–Trinajstić information content (AvgIpc) is 3.62. The fourth-order valence-corrected chi connectivity index (χ4v) is 8.64. The summed E-state index contributed by atoms with van der Waals surface area (Å²) < 4.78 is 5.63. The molecule has 74 heavy (non-hydrogen) atoms. The van der Waals surface area contributed by atoms with Gasteiger partial charge in [-0.15, -0.1) is 0 Å². The Labute approximate surface area is 432 Å². The summed E-state index contributed by atoms with van der Waals surface area (Å²) in [5, 5.41) is 46.7. The van der Waals surface area contributed by atoms with E-state index in [9.17, 15) is 63.3 Å². The molecule has 0 aliphatic heterocycles. The standard InChI is InChI=1S/C53H77N7O14/c1-27(2)21-38(54-46(65)37(19-20-43(61)62)59-53(73)74-26-36-34-17-13-11-15-32(34)33-16-12-14-18-35(33)36)47(66)56-40(23-29(5)6)50(69)60-45(31(9)10)51(70)57-41(25-44(63)64)49(68)55-39(22-28(3)4)48(67)58-42(52(71)72)24-30(7)8/h11-18,27-31,36-42,45H,19-26H2,1-10H3,(H,54,65)(H,55,68)(H,56,66)(H,57,70)(H,58,67)(H,59,73)(H,60,69)(H,61,62)(H,63,64)(H,71,72)/t37-,38-,39+,40+,41-,42-,45-/m0/s1. The number of fused-ring (bicyclic) bond motifs is 3. The number of nitrogens with one attached hydrogen (secondary N) is 7. The lowest BCUT2D eigenvalue weighted by Crippen LogP contribution is -2.61. The highest BCUT2D eigenvalue weighted by Crippen LogP contribution is 2.44. The third-order valence-electron chi connectivity index (χ3n) is 12.2. The lowest BCUT2D eigenvalue weighted by molar-refractivity contribution is -0.143. The SMILES string of the molecule is CC(C)C[C@H](NC(=O)[C@@H](CC(C)C)NC(=O)[C@H](CC(=O)O)NC(=O)[C@@H](NC(=O)[C@@H](CC(C)C)NC(=O)[C@H](CC(C)C)NC(=O)[C@H](CCC(=O)O)NC(=O)OCC1c2ccccc2-c2ccccc21)C(C)C)C(=O)O. The normalized spacial score (nSPS) is 14.9. The van der Waals surface area contributed by atoms with Crippen molar-refractivity contribution in [3.05, 3.63) is 59.7 Å². The Balaban J connectivity index is 1.79. The van der Waals surface area contributed by atoms with Crippen molar-refractivity contribution in [2.24, 2.45) is 29.6 Å². The molecule has 0 spiro atoms. The maximum atomic E-state index is 14.1. The van der Waals surface area contributed by atoms with Gasteiger partial charge in [-0.2, -0.15) is 0 Å². The zero-order chi connectivity index (χ0) is 55.6. The molecule has 1 aliphatic rings. The Morgan fingerprint density at radius 3 is 1.24 bits per heavy atom. The highest BCUT2D eigenvalue weighted by atomic mass is 16.5. The van der Waals surface area contributed by atoms with E-state index in [0.29, 0.717) is 0 Å². The maximum absolute atomic E-state index is 14.1. The summed E-state index contributed by atoms with van der Waals surface area (Å²) in [7, 11) is 0. The van der Waals surface area contributed by atoms with Crippen molar-refractivity contribution in [3.8, 4) is 11.1 Å². The fourth-order valence-electron chi connectivity index (χ4n) is 8.64. The predicted octanol–water partition coefficient (Wildman–Crippen LogP) is 4.07. The summed E-state index contributed by atoms with van der Waals surface area (Å²) in [5.74, 6) is -11.0. The van der Waals surface area contributed by atoms with Gasteiger partial charge in [0.2, 0.25) is 35.4 Å². The number of ether oxygens (including phenoxy) is 1. The molecule has 408 valence electrons. The minimum atomic E-state index is -1.75. The van der Waals surface area contributed by atoms with Crippen LogP contribution < -0.4 is 37.2 Å². The molecule has 0 aromatic heterocycles. The highest BCUT2D eigenvalue weighted by Gasteiger charge is 2.37. The summed E-state index contributed by atoms with van der Waals surface area (Å²) in [5.41, 5.74) is 3.90. The van der Waals surface area contributed by atoms with Crippen molar-refractivity contribution < 1.29 is 68.0 Å². The van der Waals surface area contributed by atoms with Gasteiger partial charge in [-0.3, -0.25) is 38.4 Å². The van der Waals surface area contributed by atoms with Crippen molar-refractivity contribution in [3.63, 3.8) is 0 Å². The van der Waals surface area contributed by atoms with Crippen molar-refractivity contribution in [1.29, 1.82) is 0 Å². The average molecular weight is 1040 g/mol. The molecule has 0 unspecified atom stereocenters. The van der Waals surface area contributed by atoms with Crippen LogP contribution in [0.25, 0.3) is 11.1 Å². The summed E-state index contributed by atoms with van der Waals surface area (Å²) in [6.07, 6.45) is -2.56. The molecule has 10 N–H and O–H groups in total. The fraction of sp³-hybridized carbons (Fsp3) is 0.585. The molecule has 0 saturated carbocycles. The van der Waals surface area contributed by atoms with Crippen LogP contribution in [-0.2, 0) is 47.9 Å². The minimum Gasteiger partial charge on any atom is -0.481 e. The van der Waals surface area contributed by atoms with Crippen molar-refractivity contribution in [2.75, 3.05) is 6.61 Å². The van der Waals surface area contributed by atoms with Crippen molar-refractivity contribution in [2.45, 2.75) is 162 Å². The zero-order valence-corrected chi connectivity index (χ0v) is 44.1. The predicted molar refractivity (Wildman–Crippen MR) is 273 cm³/mol. The quantitative estimate of drug-likeness (QED) is 0.0528. The van der Waals surface area contributed by atoms with E-state index in [2.05, 4.69) is 37.2 Å². The van der Waals surface area contributed by atoms with Crippen LogP contribution in [0.3, 0.4) is 0 Å². The molecule has 1 aliphatic carbocycles. The summed E-state index contributed by atoms with van der Waals surface area (Å²) in [4.78, 5) is 132. The first-order valence-corrected chi connectivity index (χ1v) is 25.3. The third kappa shape index (κ3) is 19.4. The number of carboxylic acid groups (broad SMARTS) is 3. The van der Waals surface area contributed by atoms with E-state index in [0.717, 1.165) is 22.3 Å². The van der Waals surface area contributed by atoms with Crippen LogP contribution in [0.1, 0.15) is 131 Å². The molecule has 2 aromatic rings. The molecule has 0 bridgehead atoms. The van der Waals surface area contributed by atoms with Crippen LogP contribution in [0, 0.1) is 29.6 Å². The molecule has 0 saturated heterocycles. The number of carboxylic acids is 3. The lowest BCUT2D eigenvalue weighted by Gasteiger charge is -2.29. The number of hydrogen-bond acceptors (Lipinski definition) is 11. The maximum Gasteiger partial charge on any atom is 0.407 e. The van der Waals surface area contributed by atoms with Gasteiger partial charge in [-0.25, -0.2) is 9.59 Å². The second kappa shape index (κ2) is 29.0.